The first-order chi connectivity index (χ1) is 7.69. The second-order valence-electron chi connectivity index (χ2n) is 4.51. The second kappa shape index (κ2) is 4.26. The summed E-state index contributed by atoms with van der Waals surface area (Å²) in [4.78, 5) is 12.1. The van der Waals surface area contributed by atoms with Crippen molar-refractivity contribution >= 4 is 5.91 Å². The summed E-state index contributed by atoms with van der Waals surface area (Å²) >= 11 is 0. The monoisotopic (exact) mass is 219 g/mol. The van der Waals surface area contributed by atoms with Crippen LogP contribution in [0.3, 0.4) is 0 Å². The van der Waals surface area contributed by atoms with E-state index in [-0.39, 0.29) is 24.0 Å². The summed E-state index contributed by atoms with van der Waals surface area (Å²) in [6.45, 7) is 1.79. The molecule has 0 saturated heterocycles. The Morgan fingerprint density at radius 2 is 2.06 bits per heavy atom. The van der Waals surface area contributed by atoms with Gasteiger partial charge in [0.1, 0.15) is 0 Å². The Morgan fingerprint density at radius 3 is 2.56 bits per heavy atom. The Bertz CT molecular complexity index is 371. The highest BCUT2D eigenvalue weighted by Gasteiger charge is 2.51. The van der Waals surface area contributed by atoms with E-state index in [1.807, 2.05) is 30.3 Å². The zero-order valence-corrected chi connectivity index (χ0v) is 9.44. The fourth-order valence-corrected chi connectivity index (χ4v) is 1.94. The summed E-state index contributed by atoms with van der Waals surface area (Å²) in [6.07, 6.45) is 1.81. The van der Waals surface area contributed by atoms with E-state index in [0.29, 0.717) is 0 Å². The number of rotatable bonds is 4. The highest BCUT2D eigenvalue weighted by atomic mass is 16.3. The fourth-order valence-electron chi connectivity index (χ4n) is 1.94. The molecule has 2 rings (SSSR count). The van der Waals surface area contributed by atoms with Gasteiger partial charge in [0, 0.05) is 6.04 Å². The van der Waals surface area contributed by atoms with Crippen LogP contribution in [0.4, 0.5) is 0 Å². The molecule has 1 amide bonds. The lowest BCUT2D eigenvalue weighted by molar-refractivity contribution is -0.124. The minimum atomic E-state index is -0.329. The quantitative estimate of drug-likeness (QED) is 0.799. The summed E-state index contributed by atoms with van der Waals surface area (Å²) in [5, 5.41) is 11.8. The first kappa shape index (κ1) is 11.1. The third-order valence-corrected chi connectivity index (χ3v) is 3.16. The number of aliphatic hydroxyl groups is 1. The van der Waals surface area contributed by atoms with Crippen LogP contribution in [0.2, 0.25) is 0 Å². The van der Waals surface area contributed by atoms with Gasteiger partial charge in [-0.25, -0.2) is 0 Å². The summed E-state index contributed by atoms with van der Waals surface area (Å²) in [6, 6.07) is 9.69. The van der Waals surface area contributed by atoms with E-state index in [9.17, 15) is 4.79 Å². The molecule has 3 nitrogen and oxygen atoms in total. The Balaban J connectivity index is 2.12. The molecule has 86 valence electrons. The van der Waals surface area contributed by atoms with Crippen molar-refractivity contribution in [3.63, 3.8) is 0 Å². The van der Waals surface area contributed by atoms with Crippen LogP contribution < -0.4 is 5.32 Å². The molecule has 1 aromatic rings. The van der Waals surface area contributed by atoms with Crippen molar-refractivity contribution in [1.82, 2.24) is 5.32 Å². The molecule has 0 unspecified atom stereocenters. The van der Waals surface area contributed by atoms with Gasteiger partial charge in [0.2, 0.25) is 5.91 Å². The van der Waals surface area contributed by atoms with E-state index in [4.69, 9.17) is 5.11 Å². The average Bonchev–Trinajstić information content (AvgIpc) is 3.11. The Labute approximate surface area is 95.5 Å². The lowest BCUT2D eigenvalue weighted by Gasteiger charge is -2.18. The summed E-state index contributed by atoms with van der Waals surface area (Å²) in [7, 11) is 0. The number of amides is 1. The van der Waals surface area contributed by atoms with Gasteiger partial charge in [-0.1, -0.05) is 30.3 Å². The average molecular weight is 219 g/mol. The molecular formula is C13H17NO2. The SMILES string of the molecule is C[C@@H](CO)NC(=O)C1(c2ccccc2)CC1. The zero-order valence-electron chi connectivity index (χ0n) is 9.44. The molecule has 1 aliphatic rings. The molecule has 1 aliphatic carbocycles. The standard InChI is InChI=1S/C13H17NO2/c1-10(9-15)14-12(16)13(7-8-13)11-5-3-2-4-6-11/h2-6,10,15H,7-9H2,1H3,(H,14,16)/t10-/m0/s1. The molecule has 0 heterocycles. The Morgan fingerprint density at radius 1 is 1.44 bits per heavy atom. The number of carbonyl (C=O) groups is 1. The first-order valence-electron chi connectivity index (χ1n) is 5.66. The Kier molecular flexibility index (Phi) is 2.97. The van der Waals surface area contributed by atoms with Crippen molar-refractivity contribution < 1.29 is 9.90 Å². The molecule has 0 aliphatic heterocycles. The number of nitrogens with one attached hydrogen (secondary N) is 1. The van der Waals surface area contributed by atoms with Crippen LogP contribution in [0.5, 0.6) is 0 Å². The minimum absolute atomic E-state index is 0.0173. The number of hydrogen-bond donors (Lipinski definition) is 2. The topological polar surface area (TPSA) is 49.3 Å². The van der Waals surface area contributed by atoms with Gasteiger partial charge >= 0.3 is 0 Å². The maximum Gasteiger partial charge on any atom is 0.230 e. The molecule has 3 heteroatoms. The van der Waals surface area contributed by atoms with E-state index < -0.39 is 0 Å². The molecular weight excluding hydrogens is 202 g/mol. The van der Waals surface area contributed by atoms with E-state index in [2.05, 4.69) is 5.32 Å². The van der Waals surface area contributed by atoms with Crippen LogP contribution in [0.1, 0.15) is 25.3 Å². The minimum Gasteiger partial charge on any atom is -0.394 e. The number of aliphatic hydroxyl groups excluding tert-OH is 1. The predicted molar refractivity (Wildman–Crippen MR) is 62.0 cm³/mol. The normalized spacial score (nSPS) is 18.9. The van der Waals surface area contributed by atoms with Gasteiger partial charge < -0.3 is 10.4 Å². The number of carbonyl (C=O) groups excluding carboxylic acids is 1. The summed E-state index contributed by atoms with van der Waals surface area (Å²) in [5.74, 6) is 0.0419. The van der Waals surface area contributed by atoms with E-state index in [0.717, 1.165) is 18.4 Å². The molecule has 0 radical (unpaired) electrons. The maximum absolute atomic E-state index is 12.1. The lowest BCUT2D eigenvalue weighted by Crippen LogP contribution is -2.41. The van der Waals surface area contributed by atoms with Crippen molar-refractivity contribution in [3.05, 3.63) is 35.9 Å². The lowest BCUT2D eigenvalue weighted by atomic mass is 9.95. The van der Waals surface area contributed by atoms with Crippen molar-refractivity contribution in [1.29, 1.82) is 0 Å². The van der Waals surface area contributed by atoms with E-state index in [1.165, 1.54) is 0 Å². The van der Waals surface area contributed by atoms with Gasteiger partial charge in [-0.15, -0.1) is 0 Å². The molecule has 1 saturated carbocycles. The molecule has 0 spiro atoms. The first-order valence-corrected chi connectivity index (χ1v) is 5.66. The van der Waals surface area contributed by atoms with Gasteiger partial charge in [0.25, 0.3) is 0 Å². The predicted octanol–water partition coefficient (Wildman–Crippen LogP) is 1.22. The van der Waals surface area contributed by atoms with Crippen LogP contribution in [0.15, 0.2) is 30.3 Å². The molecule has 0 aromatic heterocycles. The molecule has 16 heavy (non-hydrogen) atoms. The summed E-state index contributed by atoms with van der Waals surface area (Å²) in [5.41, 5.74) is 0.752. The van der Waals surface area contributed by atoms with Crippen LogP contribution in [-0.2, 0) is 10.2 Å². The number of hydrogen-bond acceptors (Lipinski definition) is 2. The second-order valence-corrected chi connectivity index (χ2v) is 4.51. The van der Waals surface area contributed by atoms with Crippen molar-refractivity contribution in [2.75, 3.05) is 6.61 Å². The van der Waals surface area contributed by atoms with Crippen molar-refractivity contribution in [2.45, 2.75) is 31.2 Å². The van der Waals surface area contributed by atoms with Crippen molar-refractivity contribution in [3.8, 4) is 0 Å². The highest BCUT2D eigenvalue weighted by molar-refractivity contribution is 5.91. The smallest absolute Gasteiger partial charge is 0.230 e. The molecule has 0 bridgehead atoms. The summed E-state index contributed by atoms with van der Waals surface area (Å²) < 4.78 is 0. The van der Waals surface area contributed by atoms with Gasteiger partial charge in [0.15, 0.2) is 0 Å². The van der Waals surface area contributed by atoms with Gasteiger partial charge in [0.05, 0.1) is 12.0 Å². The molecule has 1 fully saturated rings. The fraction of sp³-hybridized carbons (Fsp3) is 0.462. The Hall–Kier alpha value is -1.35. The molecule has 1 atom stereocenters. The van der Waals surface area contributed by atoms with Gasteiger partial charge in [-0.2, -0.15) is 0 Å². The van der Waals surface area contributed by atoms with Crippen LogP contribution in [0, 0.1) is 0 Å². The van der Waals surface area contributed by atoms with Gasteiger partial charge in [-0.3, -0.25) is 4.79 Å². The van der Waals surface area contributed by atoms with Crippen molar-refractivity contribution in [2.24, 2.45) is 0 Å². The third kappa shape index (κ3) is 1.95. The van der Waals surface area contributed by atoms with Crippen LogP contribution in [0.25, 0.3) is 0 Å². The molecule has 1 aromatic carbocycles. The number of benzene rings is 1. The largest absolute Gasteiger partial charge is 0.394 e. The zero-order chi connectivity index (χ0) is 11.6. The van der Waals surface area contributed by atoms with Crippen LogP contribution in [-0.4, -0.2) is 23.7 Å². The third-order valence-electron chi connectivity index (χ3n) is 3.16. The molecule has 2 N–H and O–H groups in total. The van der Waals surface area contributed by atoms with E-state index >= 15 is 0 Å². The van der Waals surface area contributed by atoms with E-state index in [1.54, 1.807) is 6.92 Å². The highest BCUT2D eigenvalue weighted by Crippen LogP contribution is 2.48. The van der Waals surface area contributed by atoms with Crippen LogP contribution >= 0.6 is 0 Å². The van der Waals surface area contributed by atoms with Gasteiger partial charge in [-0.05, 0) is 25.3 Å². The maximum atomic E-state index is 12.1.